The van der Waals surface area contributed by atoms with Gasteiger partial charge in [0.05, 0.1) is 24.7 Å². The predicted molar refractivity (Wildman–Crippen MR) is 130 cm³/mol. The molecule has 2 fully saturated rings. The number of H-pyrrole nitrogens is 1. The zero-order chi connectivity index (χ0) is 23.8. The Kier molecular flexibility index (Phi) is 6.03. The number of carboxylic acids is 1. The van der Waals surface area contributed by atoms with Gasteiger partial charge in [-0.05, 0) is 55.2 Å². The lowest BCUT2D eigenvalue weighted by atomic mass is 9.87. The zero-order valence-electron chi connectivity index (χ0n) is 19.6. The summed E-state index contributed by atoms with van der Waals surface area (Å²) in [6, 6.07) is 14.5. The summed E-state index contributed by atoms with van der Waals surface area (Å²) >= 11 is 0. The fourth-order valence-corrected chi connectivity index (χ4v) is 5.59. The second-order valence-corrected chi connectivity index (χ2v) is 9.51. The fourth-order valence-electron chi connectivity index (χ4n) is 5.59. The summed E-state index contributed by atoms with van der Waals surface area (Å²) in [6.45, 7) is 5.46. The number of nitrogens with zero attached hydrogens (tertiary/aromatic N) is 3. The van der Waals surface area contributed by atoms with E-state index in [4.69, 9.17) is 4.74 Å². The van der Waals surface area contributed by atoms with Gasteiger partial charge in [0.15, 0.2) is 0 Å². The van der Waals surface area contributed by atoms with Crippen LogP contribution in [-0.4, -0.2) is 58.6 Å². The van der Waals surface area contributed by atoms with Crippen LogP contribution in [0.3, 0.4) is 0 Å². The van der Waals surface area contributed by atoms with Crippen LogP contribution in [0, 0.1) is 24.2 Å². The number of aromatic carboxylic acids is 1. The lowest BCUT2D eigenvalue weighted by Gasteiger charge is -2.48. The van der Waals surface area contributed by atoms with Gasteiger partial charge < -0.3 is 14.8 Å². The molecule has 0 radical (unpaired) electrons. The average Bonchev–Trinajstić information content (AvgIpc) is 3.31. The topological polar surface area (TPSA) is 92.6 Å². The number of carbonyl (C=O) groups is 1. The summed E-state index contributed by atoms with van der Waals surface area (Å²) in [5.41, 5.74) is 4.89. The highest BCUT2D eigenvalue weighted by Crippen LogP contribution is 2.39. The van der Waals surface area contributed by atoms with Gasteiger partial charge in [0.1, 0.15) is 5.75 Å². The average molecular weight is 459 g/mol. The molecule has 0 saturated carbocycles. The molecule has 2 aliphatic rings. The van der Waals surface area contributed by atoms with Crippen LogP contribution in [-0.2, 0) is 6.54 Å². The van der Waals surface area contributed by atoms with E-state index in [2.05, 4.69) is 39.9 Å². The number of hydrogen-bond donors (Lipinski definition) is 2. The molecule has 5 rings (SSSR count). The maximum absolute atomic E-state index is 11.4. The smallest absolute Gasteiger partial charge is 0.335 e. The van der Waals surface area contributed by atoms with Crippen molar-refractivity contribution < 1.29 is 14.6 Å². The van der Waals surface area contributed by atoms with E-state index in [1.165, 1.54) is 10.9 Å². The summed E-state index contributed by atoms with van der Waals surface area (Å²) in [5, 5.41) is 19.7. The predicted octanol–water partition coefficient (Wildman–Crippen LogP) is 4.34. The number of nitriles is 1. The van der Waals surface area contributed by atoms with E-state index in [1.807, 2.05) is 18.3 Å². The quantitative estimate of drug-likeness (QED) is 0.571. The van der Waals surface area contributed by atoms with Crippen LogP contribution in [0.15, 0.2) is 42.6 Å². The first-order valence-corrected chi connectivity index (χ1v) is 11.8. The van der Waals surface area contributed by atoms with E-state index in [0.29, 0.717) is 11.6 Å². The number of aromatic nitrogens is 1. The number of hydrogen-bond acceptors (Lipinski definition) is 5. The van der Waals surface area contributed by atoms with Crippen molar-refractivity contribution in [2.45, 2.75) is 38.4 Å². The summed E-state index contributed by atoms with van der Waals surface area (Å²) in [5.74, 6) is 0.128. The Morgan fingerprint density at radius 3 is 2.71 bits per heavy atom. The highest BCUT2D eigenvalue weighted by molar-refractivity contribution is 5.88. The molecule has 2 N–H and O–H groups in total. The number of aryl methyl sites for hydroxylation is 1. The molecule has 7 heteroatoms. The van der Waals surface area contributed by atoms with E-state index in [1.54, 1.807) is 19.2 Å². The van der Waals surface area contributed by atoms with Crippen molar-refractivity contribution in [3.63, 3.8) is 0 Å². The second-order valence-electron chi connectivity index (χ2n) is 9.51. The molecule has 2 aliphatic heterocycles. The molecule has 0 aliphatic carbocycles. The highest BCUT2D eigenvalue weighted by Gasteiger charge is 2.38. The summed E-state index contributed by atoms with van der Waals surface area (Å²) < 4.78 is 5.79. The van der Waals surface area contributed by atoms with Crippen LogP contribution in [0.2, 0.25) is 0 Å². The van der Waals surface area contributed by atoms with Crippen molar-refractivity contribution in [1.82, 2.24) is 14.8 Å². The van der Waals surface area contributed by atoms with Gasteiger partial charge in [-0.1, -0.05) is 12.1 Å². The zero-order valence-corrected chi connectivity index (χ0v) is 19.6. The van der Waals surface area contributed by atoms with Crippen LogP contribution < -0.4 is 4.74 Å². The first-order chi connectivity index (χ1) is 16.5. The van der Waals surface area contributed by atoms with Crippen LogP contribution in [0.4, 0.5) is 0 Å². The number of nitrogens with one attached hydrogen (secondary N) is 1. The molecular weight excluding hydrogens is 428 g/mol. The fraction of sp³-hybridized carbons (Fsp3) is 0.407. The number of piperidine rings is 1. The van der Waals surface area contributed by atoms with Gasteiger partial charge in [-0.25, -0.2) is 4.79 Å². The lowest BCUT2D eigenvalue weighted by molar-refractivity contribution is 0.0118. The second kappa shape index (κ2) is 9.13. The van der Waals surface area contributed by atoms with E-state index >= 15 is 0 Å². The number of rotatable bonds is 6. The van der Waals surface area contributed by atoms with Crippen molar-refractivity contribution in [3.05, 3.63) is 64.8 Å². The molecule has 0 bridgehead atoms. The molecule has 3 aromatic rings. The first kappa shape index (κ1) is 22.5. The van der Waals surface area contributed by atoms with Crippen molar-refractivity contribution in [2.75, 3.05) is 26.7 Å². The van der Waals surface area contributed by atoms with E-state index in [-0.39, 0.29) is 12.0 Å². The summed E-state index contributed by atoms with van der Waals surface area (Å²) in [7, 11) is 1.72. The van der Waals surface area contributed by atoms with Gasteiger partial charge in [0, 0.05) is 60.9 Å². The van der Waals surface area contributed by atoms with Gasteiger partial charge in [0.2, 0.25) is 0 Å². The van der Waals surface area contributed by atoms with E-state index < -0.39 is 5.97 Å². The highest BCUT2D eigenvalue weighted by atomic mass is 16.5. The SMILES string of the molecule is COc1cc(C)c2[nH]ccc2c1CN1CC[C@H](N2CC(C#N)C2)C[C@H]1c1ccc(C(=O)O)cc1. The van der Waals surface area contributed by atoms with Gasteiger partial charge in [-0.15, -0.1) is 0 Å². The summed E-state index contributed by atoms with van der Waals surface area (Å²) in [6.07, 6.45) is 3.98. The number of fused-ring (bicyclic) bond motifs is 1. The molecule has 2 atom stereocenters. The first-order valence-electron chi connectivity index (χ1n) is 11.8. The Bertz CT molecular complexity index is 1240. The molecule has 176 valence electrons. The van der Waals surface area contributed by atoms with Crippen molar-refractivity contribution in [2.24, 2.45) is 5.92 Å². The molecule has 0 spiro atoms. The Morgan fingerprint density at radius 2 is 2.03 bits per heavy atom. The van der Waals surface area contributed by atoms with Crippen molar-refractivity contribution >= 4 is 16.9 Å². The number of ether oxygens (including phenoxy) is 1. The lowest BCUT2D eigenvalue weighted by Crippen LogP contribution is -2.55. The number of carboxylic acid groups (broad SMARTS) is 1. The van der Waals surface area contributed by atoms with Crippen LogP contribution in [0.25, 0.3) is 10.9 Å². The van der Waals surface area contributed by atoms with Crippen molar-refractivity contribution in [3.8, 4) is 11.8 Å². The van der Waals surface area contributed by atoms with Gasteiger partial charge in [-0.2, -0.15) is 5.26 Å². The standard InChI is InChI=1S/C27H30N4O3/c1-17-11-25(34-2)23(22-7-9-29-26(17)22)16-30-10-8-21(31-14-18(13-28)15-31)12-24(30)19-3-5-20(6-4-19)27(32)33/h3-7,9,11,18,21,24,29H,8,10,12,14-16H2,1-2H3,(H,32,33)/t21-,24-/m0/s1. The minimum absolute atomic E-state index is 0.144. The third-order valence-corrected chi connectivity index (χ3v) is 7.53. The molecular formula is C27H30N4O3. The Labute approximate surface area is 199 Å². The molecule has 2 saturated heterocycles. The van der Waals surface area contributed by atoms with Gasteiger partial charge >= 0.3 is 5.97 Å². The maximum atomic E-state index is 11.4. The van der Waals surface area contributed by atoms with Gasteiger partial charge in [0.25, 0.3) is 0 Å². The summed E-state index contributed by atoms with van der Waals surface area (Å²) in [4.78, 5) is 19.7. The molecule has 2 aromatic carbocycles. The number of likely N-dealkylation sites (tertiary alicyclic amines) is 2. The number of methoxy groups -OCH3 is 1. The van der Waals surface area contributed by atoms with Crippen LogP contribution in [0.5, 0.6) is 5.75 Å². The van der Waals surface area contributed by atoms with Crippen molar-refractivity contribution in [1.29, 1.82) is 5.26 Å². The molecule has 34 heavy (non-hydrogen) atoms. The Hall–Kier alpha value is -3.34. The third-order valence-electron chi connectivity index (χ3n) is 7.53. The Morgan fingerprint density at radius 1 is 1.26 bits per heavy atom. The number of benzene rings is 2. The number of aromatic amines is 1. The molecule has 0 amide bonds. The Balaban J connectivity index is 1.46. The van der Waals surface area contributed by atoms with Crippen LogP contribution in [0.1, 0.15) is 45.9 Å². The normalized spacial score (nSPS) is 21.8. The van der Waals surface area contributed by atoms with E-state index in [9.17, 15) is 15.2 Å². The molecule has 1 aromatic heterocycles. The largest absolute Gasteiger partial charge is 0.496 e. The van der Waals surface area contributed by atoms with Gasteiger partial charge in [-0.3, -0.25) is 9.80 Å². The third kappa shape index (κ3) is 4.04. The minimum atomic E-state index is -0.910. The van der Waals surface area contributed by atoms with Crippen LogP contribution >= 0.6 is 0 Å². The maximum Gasteiger partial charge on any atom is 0.335 e. The molecule has 0 unspecified atom stereocenters. The molecule has 3 heterocycles. The minimum Gasteiger partial charge on any atom is -0.496 e. The molecule has 7 nitrogen and oxygen atoms in total. The van der Waals surface area contributed by atoms with E-state index in [0.717, 1.165) is 61.4 Å². The monoisotopic (exact) mass is 458 g/mol.